The van der Waals surface area contributed by atoms with Crippen molar-refractivity contribution in [3.8, 4) is 0 Å². The smallest absolute Gasteiger partial charge is 0.258 e. The molecule has 2 aromatic carbocycles. The van der Waals surface area contributed by atoms with Gasteiger partial charge in [-0.05, 0) is 61.5 Å². The molecule has 0 unspecified atom stereocenters. The van der Waals surface area contributed by atoms with Crippen molar-refractivity contribution in [2.24, 2.45) is 22.9 Å². The number of hydrogen-bond acceptors (Lipinski definition) is 4. The van der Waals surface area contributed by atoms with Crippen LogP contribution >= 0.6 is 23.2 Å². The summed E-state index contributed by atoms with van der Waals surface area (Å²) < 4.78 is 24.5. The molecule has 2 aromatic rings. The van der Waals surface area contributed by atoms with Crippen molar-refractivity contribution < 1.29 is 13.3 Å². The van der Waals surface area contributed by atoms with Gasteiger partial charge in [0.05, 0.1) is 9.80 Å². The van der Waals surface area contributed by atoms with Crippen molar-refractivity contribution in [2.75, 3.05) is 0 Å². The van der Waals surface area contributed by atoms with Crippen molar-refractivity contribution in [2.45, 2.75) is 52.7 Å². The number of para-hydroxylation sites is 1. The Morgan fingerprint density at radius 3 is 2.38 bits per heavy atom. The number of primary sulfonamides is 1. The molecule has 32 heavy (non-hydrogen) atoms. The fraction of sp³-hybridized carbons (Fsp3) is 0.478. The van der Waals surface area contributed by atoms with Gasteiger partial charge in [0.2, 0.25) is 10.0 Å². The van der Waals surface area contributed by atoms with Gasteiger partial charge >= 0.3 is 0 Å². The number of rotatable bonds is 5. The lowest BCUT2D eigenvalue weighted by atomic mass is 9.47. The van der Waals surface area contributed by atoms with Crippen molar-refractivity contribution in [3.63, 3.8) is 0 Å². The first kappa shape index (κ1) is 22.1. The fourth-order valence-electron chi connectivity index (χ4n) is 7.02. The quantitative estimate of drug-likeness (QED) is 0.351. The van der Waals surface area contributed by atoms with E-state index in [2.05, 4.69) is 0 Å². The van der Waals surface area contributed by atoms with Gasteiger partial charge in [0.15, 0.2) is 4.90 Å². The van der Waals surface area contributed by atoms with Crippen molar-refractivity contribution >= 4 is 38.9 Å². The molecular formula is C23H24Cl2N2O4S. The summed E-state index contributed by atoms with van der Waals surface area (Å²) in [4.78, 5) is 10.2. The molecular weight excluding hydrogens is 471 g/mol. The summed E-state index contributed by atoms with van der Waals surface area (Å²) in [6.07, 6.45) is 4.22. The van der Waals surface area contributed by atoms with Crippen LogP contribution in [-0.2, 0) is 10.0 Å². The van der Waals surface area contributed by atoms with Gasteiger partial charge in [-0.1, -0.05) is 42.5 Å². The number of nitrogens with zero attached hydrogens (tertiary/aromatic N) is 1. The highest BCUT2D eigenvalue weighted by Gasteiger charge is 2.63. The lowest BCUT2D eigenvalue weighted by molar-refractivity contribution is -0.388. The minimum absolute atomic E-state index is 0.107. The molecule has 4 aliphatic carbocycles. The van der Waals surface area contributed by atoms with Crippen LogP contribution in [0.2, 0.25) is 0 Å². The second-order valence-electron chi connectivity index (χ2n) is 9.75. The Labute approximate surface area is 197 Å². The topological polar surface area (TPSA) is 103 Å². The van der Waals surface area contributed by atoms with Gasteiger partial charge in [0, 0.05) is 16.4 Å². The number of halogens is 2. The molecule has 170 valence electrons. The van der Waals surface area contributed by atoms with Crippen molar-refractivity contribution in [1.82, 2.24) is 0 Å². The normalized spacial score (nSPS) is 34.4. The van der Waals surface area contributed by atoms with Gasteiger partial charge in [0.1, 0.15) is 0 Å². The van der Waals surface area contributed by atoms with Gasteiger partial charge in [-0.25, -0.2) is 13.6 Å². The molecule has 6 atom stereocenters. The zero-order chi connectivity index (χ0) is 22.9. The minimum atomic E-state index is -4.29. The van der Waals surface area contributed by atoms with Crippen LogP contribution in [-0.4, -0.2) is 23.1 Å². The lowest BCUT2D eigenvalue weighted by Gasteiger charge is -2.63. The molecule has 0 aromatic heterocycles. The molecule has 4 bridgehead atoms. The van der Waals surface area contributed by atoms with E-state index in [9.17, 15) is 18.5 Å². The largest absolute Gasteiger partial charge is 0.293 e. The zero-order valence-electron chi connectivity index (χ0n) is 17.3. The Kier molecular flexibility index (Phi) is 5.13. The third kappa shape index (κ3) is 3.54. The number of alkyl halides is 2. The maximum atomic E-state index is 12.2. The Bertz CT molecular complexity index is 1190. The molecule has 0 radical (unpaired) electrons. The summed E-state index contributed by atoms with van der Waals surface area (Å²) in [7, 11) is -4.29. The van der Waals surface area contributed by atoms with Crippen LogP contribution in [0.5, 0.6) is 0 Å². The summed E-state index contributed by atoms with van der Waals surface area (Å²) in [6.45, 7) is 0. The number of hydrogen-bond donors (Lipinski definition) is 1. The standard InChI is InChI=1S/C23H24Cl2N2O4S/c24-22-10-14-9-16(12-22)20(23(25,11-14)13-22)19(15-5-2-1-3-6-15)17-7-4-8-18(32(26,30)31)21(17)27(28)29/h1-8,14,16,19-20H,9-13H2,(H2,26,30,31)/t14-,16+,19-,20-,22+,23+/m1/s1. The van der Waals surface area contributed by atoms with Crippen LogP contribution in [0.3, 0.4) is 0 Å². The molecule has 0 amide bonds. The predicted octanol–water partition coefficient (Wildman–Crippen LogP) is 5.17. The Morgan fingerprint density at radius 1 is 1.06 bits per heavy atom. The highest BCUT2D eigenvalue weighted by atomic mass is 35.5. The van der Waals surface area contributed by atoms with Crippen molar-refractivity contribution in [3.05, 3.63) is 69.8 Å². The number of nitro groups is 1. The van der Waals surface area contributed by atoms with Crippen LogP contribution in [0.1, 0.15) is 49.1 Å². The number of benzene rings is 2. The van der Waals surface area contributed by atoms with Crippen molar-refractivity contribution in [1.29, 1.82) is 0 Å². The average Bonchev–Trinajstić information content (AvgIpc) is 2.68. The maximum Gasteiger partial charge on any atom is 0.293 e. The molecule has 0 heterocycles. The van der Waals surface area contributed by atoms with Gasteiger partial charge in [-0.15, -0.1) is 23.2 Å². The number of nitrogens with two attached hydrogens (primary N) is 1. The Balaban J connectivity index is 1.75. The molecule has 2 N–H and O–H groups in total. The van der Waals surface area contributed by atoms with E-state index in [-0.39, 0.29) is 16.7 Å². The second kappa shape index (κ2) is 7.42. The molecule has 4 fully saturated rings. The fourth-order valence-corrected chi connectivity index (χ4v) is 9.25. The molecule has 6 rings (SSSR count). The second-order valence-corrected chi connectivity index (χ2v) is 12.8. The van der Waals surface area contributed by atoms with E-state index in [4.69, 9.17) is 28.3 Å². The lowest BCUT2D eigenvalue weighted by Crippen LogP contribution is -2.61. The third-order valence-electron chi connectivity index (χ3n) is 7.63. The van der Waals surface area contributed by atoms with Gasteiger partial charge in [-0.2, -0.15) is 0 Å². The highest BCUT2D eigenvalue weighted by Crippen LogP contribution is 2.68. The summed E-state index contributed by atoms with van der Waals surface area (Å²) in [5.41, 5.74) is 0.760. The summed E-state index contributed by atoms with van der Waals surface area (Å²) >= 11 is 14.3. The van der Waals surface area contributed by atoms with E-state index >= 15 is 0 Å². The maximum absolute atomic E-state index is 12.2. The van der Waals surface area contributed by atoms with Crippen LogP contribution in [0.4, 0.5) is 5.69 Å². The van der Waals surface area contributed by atoms with E-state index in [0.29, 0.717) is 17.9 Å². The monoisotopic (exact) mass is 494 g/mol. The Hall–Kier alpha value is -1.67. The summed E-state index contributed by atoms with van der Waals surface area (Å²) in [5.74, 6) is 0.107. The van der Waals surface area contributed by atoms with Gasteiger partial charge in [-0.3, -0.25) is 10.1 Å². The van der Waals surface area contributed by atoms with E-state index in [1.54, 1.807) is 6.07 Å². The summed E-state index contributed by atoms with van der Waals surface area (Å²) in [6, 6.07) is 13.9. The van der Waals surface area contributed by atoms with Crippen LogP contribution in [0.15, 0.2) is 53.4 Å². The molecule has 9 heteroatoms. The first-order valence-corrected chi connectivity index (χ1v) is 13.0. The first-order valence-electron chi connectivity index (χ1n) is 10.7. The van der Waals surface area contributed by atoms with Gasteiger partial charge < -0.3 is 0 Å². The van der Waals surface area contributed by atoms with E-state index in [1.807, 2.05) is 30.3 Å². The molecule has 6 nitrogen and oxygen atoms in total. The minimum Gasteiger partial charge on any atom is -0.258 e. The van der Waals surface area contributed by atoms with E-state index in [0.717, 1.165) is 31.2 Å². The van der Waals surface area contributed by atoms with E-state index < -0.39 is 36.3 Å². The highest BCUT2D eigenvalue weighted by molar-refractivity contribution is 7.89. The summed E-state index contributed by atoms with van der Waals surface area (Å²) in [5, 5.41) is 17.5. The SMILES string of the molecule is NS(=O)(=O)c1cccc([C@@H](c2ccccc2)[C@H]2[C@H]3C[C@@H]4C[C@](Cl)(C3)C[C@@]2(Cl)C4)c1[N+](=O)[O-]. The molecule has 0 spiro atoms. The number of sulfonamides is 1. The molecule has 4 aliphatic rings. The number of nitro benzene ring substituents is 1. The zero-order valence-corrected chi connectivity index (χ0v) is 19.6. The van der Waals surface area contributed by atoms with E-state index in [1.165, 1.54) is 12.1 Å². The molecule has 0 saturated heterocycles. The van der Waals surface area contributed by atoms with Crippen LogP contribution in [0.25, 0.3) is 0 Å². The molecule has 4 saturated carbocycles. The third-order valence-corrected chi connectivity index (χ3v) is 9.56. The molecule has 0 aliphatic heterocycles. The Morgan fingerprint density at radius 2 is 1.78 bits per heavy atom. The predicted molar refractivity (Wildman–Crippen MR) is 123 cm³/mol. The first-order chi connectivity index (χ1) is 15.0. The van der Waals surface area contributed by atoms with Crippen LogP contribution in [0, 0.1) is 27.9 Å². The van der Waals surface area contributed by atoms with Gasteiger partial charge in [0.25, 0.3) is 5.69 Å². The average molecular weight is 495 g/mol. The van der Waals surface area contributed by atoms with Crippen LogP contribution < -0.4 is 5.14 Å².